The molecule has 5 nitrogen and oxygen atoms in total. The van der Waals surface area contributed by atoms with Gasteiger partial charge in [0.2, 0.25) is 0 Å². The van der Waals surface area contributed by atoms with Crippen molar-refractivity contribution in [1.82, 2.24) is 0 Å². The van der Waals surface area contributed by atoms with Gasteiger partial charge in [-0.15, -0.1) is 0 Å². The minimum absolute atomic E-state index is 0.00717. The highest BCUT2D eigenvalue weighted by Gasteiger charge is 2.61. The third kappa shape index (κ3) is 2.16. The van der Waals surface area contributed by atoms with Crippen molar-refractivity contribution in [3.05, 3.63) is 23.3 Å². The largest absolute Gasteiger partial charge is 0.481 e. The third-order valence-electron chi connectivity index (χ3n) is 6.92. The molecule has 1 saturated carbocycles. The van der Waals surface area contributed by atoms with Gasteiger partial charge >= 0.3 is 5.97 Å². The van der Waals surface area contributed by atoms with Crippen LogP contribution in [-0.4, -0.2) is 22.6 Å². The molecule has 0 aromatic rings. The molecule has 0 bridgehead atoms. The van der Waals surface area contributed by atoms with E-state index in [0.717, 1.165) is 5.57 Å². The summed E-state index contributed by atoms with van der Waals surface area (Å²) in [7, 11) is 0. The predicted molar refractivity (Wildman–Crippen MR) is 90.3 cm³/mol. The molecule has 1 unspecified atom stereocenters. The smallest absolute Gasteiger partial charge is 0.307 e. The second kappa shape index (κ2) is 5.14. The van der Waals surface area contributed by atoms with E-state index in [0.29, 0.717) is 12.8 Å². The number of allylic oxidation sites excluding steroid dienone is 4. The molecule has 1 fully saturated rings. The maximum atomic E-state index is 12.7. The Morgan fingerprint density at radius 3 is 2.48 bits per heavy atom. The number of rotatable bonds is 1. The van der Waals surface area contributed by atoms with E-state index in [4.69, 9.17) is 0 Å². The summed E-state index contributed by atoms with van der Waals surface area (Å²) in [6.45, 7) is 7.56. The first-order valence-electron chi connectivity index (χ1n) is 8.64. The molecule has 3 aliphatic carbocycles. The number of carbonyl (C=O) groups excluding carboxylic acids is 2. The number of hydrogen-bond donors (Lipinski definition) is 1. The van der Waals surface area contributed by atoms with Crippen molar-refractivity contribution in [3.8, 4) is 6.07 Å². The minimum Gasteiger partial charge on any atom is -0.481 e. The average Bonchev–Trinajstić information content (AvgIpc) is 2.51. The Morgan fingerprint density at radius 2 is 1.92 bits per heavy atom. The van der Waals surface area contributed by atoms with Gasteiger partial charge in [0.25, 0.3) is 0 Å². The first kappa shape index (κ1) is 17.6. The lowest BCUT2D eigenvalue weighted by Crippen LogP contribution is -2.56. The number of ketones is 2. The zero-order chi connectivity index (χ0) is 18.8. The zero-order valence-electron chi connectivity index (χ0n) is 15.0. The Hall–Kier alpha value is -2.22. The lowest BCUT2D eigenvalue weighted by molar-refractivity contribution is -0.151. The fourth-order valence-corrected chi connectivity index (χ4v) is 5.61. The van der Waals surface area contributed by atoms with Gasteiger partial charge < -0.3 is 5.11 Å². The topological polar surface area (TPSA) is 95.2 Å². The maximum absolute atomic E-state index is 12.7. The van der Waals surface area contributed by atoms with E-state index in [9.17, 15) is 24.8 Å². The van der Waals surface area contributed by atoms with Crippen LogP contribution in [0.25, 0.3) is 0 Å². The Morgan fingerprint density at radius 1 is 1.28 bits per heavy atom. The molecule has 0 spiro atoms. The molecule has 132 valence electrons. The third-order valence-corrected chi connectivity index (χ3v) is 6.92. The van der Waals surface area contributed by atoms with Crippen LogP contribution < -0.4 is 0 Å². The second-order valence-corrected chi connectivity index (χ2v) is 8.63. The lowest BCUT2D eigenvalue weighted by atomic mass is 9.43. The minimum atomic E-state index is -0.959. The van der Waals surface area contributed by atoms with E-state index >= 15 is 0 Å². The molecule has 25 heavy (non-hydrogen) atoms. The Labute approximate surface area is 147 Å². The van der Waals surface area contributed by atoms with Crippen molar-refractivity contribution in [1.29, 1.82) is 5.26 Å². The molecule has 0 aromatic carbocycles. The van der Waals surface area contributed by atoms with Crippen LogP contribution in [-0.2, 0) is 14.4 Å². The van der Waals surface area contributed by atoms with Gasteiger partial charge in [-0.3, -0.25) is 14.4 Å². The summed E-state index contributed by atoms with van der Waals surface area (Å²) in [5.74, 6) is -2.15. The Kier molecular flexibility index (Phi) is 3.62. The van der Waals surface area contributed by atoms with E-state index in [1.54, 1.807) is 12.2 Å². The van der Waals surface area contributed by atoms with Gasteiger partial charge in [-0.1, -0.05) is 33.8 Å². The van der Waals surface area contributed by atoms with Crippen LogP contribution in [0.1, 0.15) is 47.0 Å². The molecule has 4 atom stereocenters. The van der Waals surface area contributed by atoms with Crippen LogP contribution >= 0.6 is 0 Å². The van der Waals surface area contributed by atoms with Crippen molar-refractivity contribution in [3.63, 3.8) is 0 Å². The standard InChI is InChI=1S/C20H23NO4/c1-18(2)14-5-6-19(3)13(17(24)25)7-12(22)8-15(19)20(14,4)9-11(10-21)16(18)23/h8-9,13-14H,5-7H2,1-4H3,(H,24,25)/t13-,14-,19?,20-/m0/s1. The van der Waals surface area contributed by atoms with Gasteiger partial charge in [0.1, 0.15) is 6.07 Å². The van der Waals surface area contributed by atoms with Crippen LogP contribution in [0, 0.1) is 39.4 Å². The fraction of sp³-hybridized carbons (Fsp3) is 0.600. The maximum Gasteiger partial charge on any atom is 0.307 e. The summed E-state index contributed by atoms with van der Waals surface area (Å²) in [6, 6.07) is 2.00. The molecule has 0 aliphatic heterocycles. The highest BCUT2D eigenvalue weighted by Crippen LogP contribution is 2.65. The van der Waals surface area contributed by atoms with Crippen LogP contribution in [0.3, 0.4) is 0 Å². The first-order valence-corrected chi connectivity index (χ1v) is 8.64. The van der Waals surface area contributed by atoms with Crippen molar-refractivity contribution < 1.29 is 19.5 Å². The highest BCUT2D eigenvalue weighted by atomic mass is 16.4. The van der Waals surface area contributed by atoms with Crippen molar-refractivity contribution in [2.75, 3.05) is 0 Å². The van der Waals surface area contributed by atoms with E-state index < -0.39 is 28.1 Å². The van der Waals surface area contributed by atoms with Crippen molar-refractivity contribution >= 4 is 17.5 Å². The number of Topliss-reactive ketones (excluding diaryl/α,β-unsaturated/α-hetero) is 1. The molecule has 0 amide bonds. The van der Waals surface area contributed by atoms with E-state index in [2.05, 4.69) is 0 Å². The zero-order valence-corrected chi connectivity index (χ0v) is 15.0. The normalized spacial score (nSPS) is 39.5. The van der Waals surface area contributed by atoms with Gasteiger partial charge in [0.05, 0.1) is 11.5 Å². The number of nitriles is 1. The van der Waals surface area contributed by atoms with Crippen molar-refractivity contribution in [2.24, 2.45) is 28.1 Å². The molecule has 1 N–H and O–H groups in total. The molecule has 0 aromatic heterocycles. The number of hydrogen-bond acceptors (Lipinski definition) is 4. The fourth-order valence-electron chi connectivity index (χ4n) is 5.61. The number of aliphatic carboxylic acids is 1. The summed E-state index contributed by atoms with van der Waals surface area (Å²) in [5, 5.41) is 19.1. The van der Waals surface area contributed by atoms with Gasteiger partial charge in [-0.25, -0.2) is 0 Å². The molecule has 0 radical (unpaired) electrons. The van der Waals surface area contributed by atoms with Gasteiger partial charge in [-0.2, -0.15) is 5.26 Å². The van der Waals surface area contributed by atoms with E-state index in [-0.39, 0.29) is 29.5 Å². The SMILES string of the molecule is CC1(C)C(=O)C(C#N)=C[C@]2(C)C3=CC(=O)C[C@@H](C(=O)O)C3(C)CC[C@@H]12. The summed E-state index contributed by atoms with van der Waals surface area (Å²) in [6.07, 6.45) is 4.59. The number of carboxylic acid groups (broad SMARTS) is 1. The Balaban J connectivity index is 2.27. The number of nitrogens with zero attached hydrogens (tertiary/aromatic N) is 1. The van der Waals surface area contributed by atoms with Crippen LogP contribution in [0.4, 0.5) is 0 Å². The Bertz CT molecular complexity index is 797. The number of carboxylic acids is 1. The monoisotopic (exact) mass is 341 g/mol. The molecule has 3 rings (SSSR count). The van der Waals surface area contributed by atoms with E-state index in [1.165, 1.54) is 0 Å². The summed E-state index contributed by atoms with van der Waals surface area (Å²) in [4.78, 5) is 36.8. The molecular weight excluding hydrogens is 318 g/mol. The average molecular weight is 341 g/mol. The summed E-state index contributed by atoms with van der Waals surface area (Å²) >= 11 is 0. The molecular formula is C20H23NO4. The van der Waals surface area contributed by atoms with Gasteiger partial charge in [0.15, 0.2) is 11.6 Å². The van der Waals surface area contributed by atoms with E-state index in [1.807, 2.05) is 33.8 Å². The summed E-state index contributed by atoms with van der Waals surface area (Å²) < 4.78 is 0. The lowest BCUT2D eigenvalue weighted by Gasteiger charge is -2.59. The molecule has 3 aliphatic rings. The molecule has 0 saturated heterocycles. The quantitative estimate of drug-likeness (QED) is 0.791. The highest BCUT2D eigenvalue weighted by molar-refractivity contribution is 6.04. The van der Waals surface area contributed by atoms with Crippen LogP contribution in [0.15, 0.2) is 23.3 Å². The number of carbonyl (C=O) groups is 3. The summed E-state index contributed by atoms with van der Waals surface area (Å²) in [5.41, 5.74) is -1.15. The van der Waals surface area contributed by atoms with Crippen LogP contribution in [0.2, 0.25) is 0 Å². The second-order valence-electron chi connectivity index (χ2n) is 8.63. The van der Waals surface area contributed by atoms with Gasteiger partial charge in [0, 0.05) is 22.7 Å². The molecule has 5 heteroatoms. The first-order chi connectivity index (χ1) is 11.5. The predicted octanol–water partition coefficient (Wildman–Crippen LogP) is 3.07. The number of fused-ring (bicyclic) bond motifs is 3. The van der Waals surface area contributed by atoms with Crippen LogP contribution in [0.5, 0.6) is 0 Å². The van der Waals surface area contributed by atoms with Crippen molar-refractivity contribution in [2.45, 2.75) is 47.0 Å². The van der Waals surface area contributed by atoms with Gasteiger partial charge in [-0.05, 0) is 30.4 Å². The molecule has 0 heterocycles.